The van der Waals surface area contributed by atoms with Crippen molar-refractivity contribution in [3.63, 3.8) is 0 Å². The van der Waals surface area contributed by atoms with Crippen LogP contribution in [0.5, 0.6) is 0 Å². The number of hydrogen-bond acceptors (Lipinski definition) is 2. The van der Waals surface area contributed by atoms with Crippen LogP contribution in [0.3, 0.4) is 0 Å². The summed E-state index contributed by atoms with van der Waals surface area (Å²) in [5, 5.41) is 0.673. The smallest absolute Gasteiger partial charge is 0.320 e. The number of hydrogen-bond donors (Lipinski definition) is 0. The highest BCUT2D eigenvalue weighted by atomic mass is 35.5. The molecule has 2 saturated heterocycles. The minimum Gasteiger partial charge on any atom is -0.341 e. The van der Waals surface area contributed by atoms with E-state index in [-0.39, 0.29) is 18.5 Å². The topological polar surface area (TPSA) is 43.9 Å². The Hall–Kier alpha value is -1.75. The minimum absolute atomic E-state index is 0.0573. The van der Waals surface area contributed by atoms with Crippen LogP contribution in [0.15, 0.2) is 24.3 Å². The number of rotatable bonds is 4. The molecule has 0 unspecified atom stereocenters. The zero-order valence-electron chi connectivity index (χ0n) is 13.9. The molecule has 0 aliphatic carbocycles. The average molecular weight is 350 g/mol. The van der Waals surface area contributed by atoms with Crippen molar-refractivity contribution < 1.29 is 9.59 Å². The van der Waals surface area contributed by atoms with Gasteiger partial charge in [-0.2, -0.15) is 0 Å². The molecule has 0 radical (unpaired) electrons. The van der Waals surface area contributed by atoms with Gasteiger partial charge in [0, 0.05) is 37.7 Å². The molecule has 0 bridgehead atoms. The molecular formula is C18H24ClN3O2. The lowest BCUT2D eigenvalue weighted by molar-refractivity contribution is -0.131. The minimum atomic E-state index is -0.0573. The van der Waals surface area contributed by atoms with E-state index in [1.54, 1.807) is 9.80 Å². The zero-order chi connectivity index (χ0) is 16.9. The van der Waals surface area contributed by atoms with Gasteiger partial charge in [-0.15, -0.1) is 0 Å². The first-order valence-corrected chi connectivity index (χ1v) is 9.07. The van der Waals surface area contributed by atoms with Gasteiger partial charge in [0.05, 0.1) is 0 Å². The molecule has 0 saturated carbocycles. The Morgan fingerprint density at radius 3 is 2.42 bits per heavy atom. The van der Waals surface area contributed by atoms with Crippen LogP contribution in [-0.2, 0) is 11.3 Å². The molecule has 3 rings (SSSR count). The van der Waals surface area contributed by atoms with E-state index in [4.69, 9.17) is 11.6 Å². The van der Waals surface area contributed by atoms with Gasteiger partial charge >= 0.3 is 6.03 Å². The quantitative estimate of drug-likeness (QED) is 0.838. The van der Waals surface area contributed by atoms with E-state index in [0.29, 0.717) is 24.7 Å². The normalized spacial score (nSPS) is 18.9. The second-order valence-electron chi connectivity index (χ2n) is 6.55. The highest BCUT2D eigenvalue weighted by Crippen LogP contribution is 2.17. The predicted octanol–water partition coefficient (Wildman–Crippen LogP) is 2.98. The van der Waals surface area contributed by atoms with Gasteiger partial charge in [0.2, 0.25) is 5.91 Å². The monoisotopic (exact) mass is 349 g/mol. The van der Waals surface area contributed by atoms with Crippen molar-refractivity contribution in [2.75, 3.05) is 32.7 Å². The summed E-state index contributed by atoms with van der Waals surface area (Å²) in [6, 6.07) is 7.49. The van der Waals surface area contributed by atoms with Gasteiger partial charge < -0.3 is 14.7 Å². The number of likely N-dealkylation sites (tertiary alicyclic amines) is 1. The number of carbonyl (C=O) groups is 2. The van der Waals surface area contributed by atoms with Crippen LogP contribution in [-0.4, -0.2) is 59.4 Å². The lowest BCUT2D eigenvalue weighted by atomic mass is 10.2. The van der Waals surface area contributed by atoms with E-state index >= 15 is 0 Å². The first-order valence-electron chi connectivity index (χ1n) is 8.69. The number of halogens is 1. The fourth-order valence-corrected chi connectivity index (χ4v) is 3.58. The maximum absolute atomic E-state index is 12.5. The van der Waals surface area contributed by atoms with Crippen molar-refractivity contribution in [1.29, 1.82) is 0 Å². The van der Waals surface area contributed by atoms with Crippen LogP contribution in [0, 0.1) is 0 Å². The molecule has 3 amide bonds. The zero-order valence-corrected chi connectivity index (χ0v) is 14.7. The van der Waals surface area contributed by atoms with Crippen molar-refractivity contribution in [2.24, 2.45) is 0 Å². The van der Waals surface area contributed by atoms with Crippen LogP contribution in [0.1, 0.15) is 31.2 Å². The van der Waals surface area contributed by atoms with Gasteiger partial charge in [-0.05, 0) is 30.5 Å². The molecule has 0 N–H and O–H groups in total. The van der Waals surface area contributed by atoms with Crippen LogP contribution in [0.4, 0.5) is 4.79 Å². The van der Waals surface area contributed by atoms with Crippen molar-refractivity contribution in [3.05, 3.63) is 34.9 Å². The maximum atomic E-state index is 12.5. The highest BCUT2D eigenvalue weighted by molar-refractivity contribution is 6.30. The molecule has 6 heteroatoms. The van der Waals surface area contributed by atoms with Gasteiger partial charge in [-0.25, -0.2) is 4.79 Å². The van der Waals surface area contributed by atoms with E-state index in [1.165, 1.54) is 12.8 Å². The lowest BCUT2D eigenvalue weighted by Gasteiger charge is -2.24. The second-order valence-corrected chi connectivity index (χ2v) is 6.99. The number of urea groups is 1. The van der Waals surface area contributed by atoms with E-state index < -0.39 is 0 Å². The fraction of sp³-hybridized carbons (Fsp3) is 0.556. The third-order valence-corrected chi connectivity index (χ3v) is 4.96. The van der Waals surface area contributed by atoms with Crippen molar-refractivity contribution >= 4 is 23.5 Å². The molecule has 1 aromatic carbocycles. The van der Waals surface area contributed by atoms with E-state index in [2.05, 4.69) is 0 Å². The lowest BCUT2D eigenvalue weighted by Crippen LogP contribution is -2.42. The maximum Gasteiger partial charge on any atom is 0.320 e. The molecule has 0 spiro atoms. The molecule has 2 heterocycles. The second kappa shape index (κ2) is 7.88. The van der Waals surface area contributed by atoms with Gasteiger partial charge in [0.25, 0.3) is 0 Å². The van der Waals surface area contributed by atoms with Crippen LogP contribution >= 0.6 is 11.6 Å². The Labute approximate surface area is 148 Å². The Bertz CT molecular complexity index is 600. The van der Waals surface area contributed by atoms with E-state index in [0.717, 1.165) is 31.5 Å². The number of benzene rings is 1. The molecule has 24 heavy (non-hydrogen) atoms. The summed E-state index contributed by atoms with van der Waals surface area (Å²) < 4.78 is 0. The van der Waals surface area contributed by atoms with Gasteiger partial charge in [0.15, 0.2) is 0 Å². The first kappa shape index (κ1) is 17.1. The Morgan fingerprint density at radius 2 is 1.71 bits per heavy atom. The summed E-state index contributed by atoms with van der Waals surface area (Å²) in [6.07, 6.45) is 4.53. The van der Waals surface area contributed by atoms with Crippen molar-refractivity contribution in [1.82, 2.24) is 14.7 Å². The Balaban J connectivity index is 1.54. The third kappa shape index (κ3) is 4.20. The van der Waals surface area contributed by atoms with Crippen LogP contribution in [0.2, 0.25) is 5.02 Å². The third-order valence-electron chi connectivity index (χ3n) is 4.73. The Kier molecular flexibility index (Phi) is 5.61. The number of amides is 3. The molecule has 2 aliphatic rings. The molecule has 0 aromatic heterocycles. The van der Waals surface area contributed by atoms with Crippen LogP contribution < -0.4 is 0 Å². The standard InChI is InChI=1S/C18H24ClN3O2/c19-16-7-5-6-15(12-16)13-21-10-11-22(18(21)24)14-17(23)20-8-3-1-2-4-9-20/h5-7,12H,1-4,8-11,13-14H2. The summed E-state index contributed by atoms with van der Waals surface area (Å²) in [4.78, 5) is 30.3. The molecule has 2 fully saturated rings. The number of nitrogens with zero attached hydrogens (tertiary/aromatic N) is 3. The molecule has 0 atom stereocenters. The van der Waals surface area contributed by atoms with Crippen molar-refractivity contribution in [2.45, 2.75) is 32.2 Å². The SMILES string of the molecule is O=C(CN1CCN(Cc2cccc(Cl)c2)C1=O)N1CCCCCC1. The first-order chi connectivity index (χ1) is 11.6. The summed E-state index contributed by atoms with van der Waals surface area (Å²) in [6.45, 7) is 3.65. The molecule has 5 nitrogen and oxygen atoms in total. The molecule has 1 aromatic rings. The van der Waals surface area contributed by atoms with E-state index in [1.807, 2.05) is 29.2 Å². The molecule has 130 valence electrons. The van der Waals surface area contributed by atoms with Gasteiger partial charge in [0.1, 0.15) is 6.54 Å². The van der Waals surface area contributed by atoms with Gasteiger partial charge in [-0.3, -0.25) is 4.79 Å². The largest absolute Gasteiger partial charge is 0.341 e. The van der Waals surface area contributed by atoms with E-state index in [9.17, 15) is 9.59 Å². The molecule has 2 aliphatic heterocycles. The summed E-state index contributed by atoms with van der Waals surface area (Å²) >= 11 is 6.00. The van der Waals surface area contributed by atoms with Crippen LogP contribution in [0.25, 0.3) is 0 Å². The summed E-state index contributed by atoms with van der Waals surface area (Å²) in [7, 11) is 0. The Morgan fingerprint density at radius 1 is 1.00 bits per heavy atom. The average Bonchev–Trinajstić information content (AvgIpc) is 2.79. The fourth-order valence-electron chi connectivity index (χ4n) is 3.37. The van der Waals surface area contributed by atoms with Crippen molar-refractivity contribution in [3.8, 4) is 0 Å². The van der Waals surface area contributed by atoms with Gasteiger partial charge in [-0.1, -0.05) is 36.6 Å². The highest BCUT2D eigenvalue weighted by Gasteiger charge is 2.31. The summed E-state index contributed by atoms with van der Waals surface area (Å²) in [5.74, 6) is 0.0786. The molecular weight excluding hydrogens is 326 g/mol. The number of carbonyl (C=O) groups excluding carboxylic acids is 2. The predicted molar refractivity (Wildman–Crippen MR) is 93.9 cm³/mol. The summed E-state index contributed by atoms with van der Waals surface area (Å²) in [5.41, 5.74) is 1.01.